The van der Waals surface area contributed by atoms with Crippen molar-refractivity contribution in [3.8, 4) is 0 Å². The maximum atomic E-state index is 11.5. The van der Waals surface area contributed by atoms with Crippen molar-refractivity contribution in [2.45, 2.75) is 51.4 Å². The molecule has 16 heavy (non-hydrogen) atoms. The monoisotopic (exact) mass is 230 g/mol. The smallest absolute Gasteiger partial charge is 0.407 e. The van der Waals surface area contributed by atoms with E-state index >= 15 is 0 Å². The van der Waals surface area contributed by atoms with E-state index < -0.39 is 17.8 Å². The fourth-order valence-corrected chi connectivity index (χ4v) is 1.66. The number of rotatable bonds is 1. The van der Waals surface area contributed by atoms with Crippen molar-refractivity contribution in [1.82, 2.24) is 10.6 Å². The zero-order chi connectivity index (χ0) is 12.2. The van der Waals surface area contributed by atoms with E-state index in [4.69, 9.17) is 4.74 Å². The molecule has 1 aliphatic heterocycles. The van der Waals surface area contributed by atoms with Gasteiger partial charge in [-0.3, -0.25) is 0 Å². The minimum Gasteiger partial charge on any atom is -0.444 e. The molecule has 1 amide bonds. The molecule has 1 aliphatic rings. The van der Waals surface area contributed by atoms with Gasteiger partial charge in [-0.05, 0) is 40.2 Å². The lowest BCUT2D eigenvalue weighted by atomic mass is 10.1. The molecule has 94 valence electrons. The molecule has 0 spiro atoms. The van der Waals surface area contributed by atoms with Crippen LogP contribution in [0.5, 0.6) is 0 Å². The average molecular weight is 230 g/mol. The fourth-order valence-electron chi connectivity index (χ4n) is 1.66. The summed E-state index contributed by atoms with van der Waals surface area (Å²) in [5.41, 5.74) is -0.502. The summed E-state index contributed by atoms with van der Waals surface area (Å²) < 4.78 is 5.15. The van der Waals surface area contributed by atoms with Gasteiger partial charge in [0.05, 0.1) is 12.1 Å². The van der Waals surface area contributed by atoms with Crippen molar-refractivity contribution in [3.63, 3.8) is 0 Å². The van der Waals surface area contributed by atoms with E-state index in [0.29, 0.717) is 6.54 Å². The molecule has 0 aromatic rings. The predicted molar refractivity (Wildman–Crippen MR) is 61.3 cm³/mol. The van der Waals surface area contributed by atoms with E-state index in [2.05, 4.69) is 10.6 Å². The van der Waals surface area contributed by atoms with Crippen LogP contribution >= 0.6 is 0 Å². The van der Waals surface area contributed by atoms with Gasteiger partial charge in [0.15, 0.2) is 0 Å². The molecule has 1 heterocycles. The van der Waals surface area contributed by atoms with E-state index in [-0.39, 0.29) is 6.04 Å². The summed E-state index contributed by atoms with van der Waals surface area (Å²) in [4.78, 5) is 11.5. The van der Waals surface area contributed by atoms with Gasteiger partial charge in [0.25, 0.3) is 0 Å². The maximum Gasteiger partial charge on any atom is 0.407 e. The Labute approximate surface area is 96.6 Å². The van der Waals surface area contributed by atoms with Gasteiger partial charge in [-0.2, -0.15) is 0 Å². The normalized spacial score (nSPS) is 27.0. The fraction of sp³-hybridized carbons (Fsp3) is 0.909. The summed E-state index contributed by atoms with van der Waals surface area (Å²) in [7, 11) is 0. The van der Waals surface area contributed by atoms with Crippen LogP contribution in [0.3, 0.4) is 0 Å². The Morgan fingerprint density at radius 2 is 2.19 bits per heavy atom. The van der Waals surface area contributed by atoms with Gasteiger partial charge < -0.3 is 20.5 Å². The molecule has 0 saturated carbocycles. The van der Waals surface area contributed by atoms with Gasteiger partial charge in [-0.25, -0.2) is 4.79 Å². The Kier molecular flexibility index (Phi) is 4.56. The molecule has 0 aromatic heterocycles. The molecule has 5 nitrogen and oxygen atoms in total. The Balaban J connectivity index is 2.42. The second kappa shape index (κ2) is 5.50. The maximum absolute atomic E-state index is 11.5. The number of amides is 1. The summed E-state index contributed by atoms with van der Waals surface area (Å²) in [5, 5.41) is 15.6. The van der Waals surface area contributed by atoms with Gasteiger partial charge in [-0.15, -0.1) is 0 Å². The third-order valence-corrected chi connectivity index (χ3v) is 2.39. The number of carbonyl (C=O) groups excluding carboxylic acids is 1. The van der Waals surface area contributed by atoms with Crippen molar-refractivity contribution in [2.75, 3.05) is 13.1 Å². The summed E-state index contributed by atoms with van der Waals surface area (Å²) in [6.07, 6.45) is 0.707. The van der Waals surface area contributed by atoms with Crippen LogP contribution in [0.4, 0.5) is 4.79 Å². The highest BCUT2D eigenvalue weighted by Crippen LogP contribution is 2.10. The first-order valence-corrected chi connectivity index (χ1v) is 5.77. The summed E-state index contributed by atoms with van der Waals surface area (Å²) in [5.74, 6) is 0. The standard InChI is InChI=1S/C11H22N2O3/c1-11(2,3)16-10(15)13-8-5-4-6-12-7-9(8)14/h8-9,12,14H,4-7H2,1-3H3,(H,13,15)/t8-,9+/m0/s1. The molecule has 0 aromatic carbocycles. The number of carbonyl (C=O) groups is 1. The van der Waals surface area contributed by atoms with Crippen molar-refractivity contribution < 1.29 is 14.6 Å². The Morgan fingerprint density at radius 1 is 1.50 bits per heavy atom. The molecule has 1 rings (SSSR count). The van der Waals surface area contributed by atoms with E-state index in [1.165, 1.54) is 0 Å². The Hall–Kier alpha value is -0.810. The molecule has 5 heteroatoms. The first-order valence-electron chi connectivity index (χ1n) is 5.77. The number of aliphatic hydroxyl groups is 1. The SMILES string of the molecule is CC(C)(C)OC(=O)N[C@H]1CCCNC[C@H]1O. The highest BCUT2D eigenvalue weighted by atomic mass is 16.6. The van der Waals surface area contributed by atoms with Crippen LogP contribution in [0.25, 0.3) is 0 Å². The second-order valence-electron chi connectivity index (χ2n) is 5.17. The van der Waals surface area contributed by atoms with Gasteiger partial charge >= 0.3 is 6.09 Å². The number of hydrogen-bond acceptors (Lipinski definition) is 4. The number of aliphatic hydroxyl groups excluding tert-OH is 1. The van der Waals surface area contributed by atoms with Crippen molar-refractivity contribution >= 4 is 6.09 Å². The van der Waals surface area contributed by atoms with Crippen molar-refractivity contribution in [1.29, 1.82) is 0 Å². The molecule has 0 unspecified atom stereocenters. The topological polar surface area (TPSA) is 70.6 Å². The molecule has 1 saturated heterocycles. The van der Waals surface area contributed by atoms with Gasteiger partial charge in [0.2, 0.25) is 0 Å². The molecular formula is C11H22N2O3. The predicted octanol–water partition coefficient (Wildman–Crippen LogP) is 0.624. The summed E-state index contributed by atoms with van der Waals surface area (Å²) in [6, 6.07) is -0.218. The van der Waals surface area contributed by atoms with Crippen LogP contribution in [-0.2, 0) is 4.74 Å². The molecule has 0 radical (unpaired) electrons. The molecule has 0 aliphatic carbocycles. The van der Waals surface area contributed by atoms with Crippen LogP contribution in [0.15, 0.2) is 0 Å². The first-order chi connectivity index (χ1) is 7.38. The Morgan fingerprint density at radius 3 is 2.81 bits per heavy atom. The first kappa shape index (κ1) is 13.3. The third kappa shape index (κ3) is 4.81. The number of ether oxygens (including phenoxy) is 1. The molecule has 0 bridgehead atoms. The largest absolute Gasteiger partial charge is 0.444 e. The zero-order valence-corrected chi connectivity index (χ0v) is 10.2. The molecule has 1 fully saturated rings. The van der Waals surface area contributed by atoms with Crippen LogP contribution in [0.2, 0.25) is 0 Å². The highest BCUT2D eigenvalue weighted by molar-refractivity contribution is 5.68. The van der Waals surface area contributed by atoms with Gasteiger partial charge in [0, 0.05) is 6.54 Å². The molecular weight excluding hydrogens is 208 g/mol. The van der Waals surface area contributed by atoms with E-state index in [9.17, 15) is 9.90 Å². The third-order valence-electron chi connectivity index (χ3n) is 2.39. The second-order valence-corrected chi connectivity index (χ2v) is 5.17. The number of β-amino-alcohol motifs (C(OH)–C–C–N with tert-alkyl or cyclic N) is 1. The number of nitrogens with one attached hydrogen (secondary N) is 2. The summed E-state index contributed by atoms with van der Waals surface area (Å²) >= 11 is 0. The van der Waals surface area contributed by atoms with Crippen molar-refractivity contribution in [3.05, 3.63) is 0 Å². The van der Waals surface area contributed by atoms with Crippen LogP contribution in [-0.4, -0.2) is 42.0 Å². The zero-order valence-electron chi connectivity index (χ0n) is 10.2. The molecule has 3 N–H and O–H groups in total. The van der Waals surface area contributed by atoms with E-state index in [0.717, 1.165) is 19.4 Å². The van der Waals surface area contributed by atoms with Crippen molar-refractivity contribution in [2.24, 2.45) is 0 Å². The number of hydrogen-bond donors (Lipinski definition) is 3. The van der Waals surface area contributed by atoms with Gasteiger partial charge in [-0.1, -0.05) is 0 Å². The van der Waals surface area contributed by atoms with Crippen LogP contribution < -0.4 is 10.6 Å². The quantitative estimate of drug-likeness (QED) is 0.617. The lowest BCUT2D eigenvalue weighted by molar-refractivity contribution is 0.0426. The van der Waals surface area contributed by atoms with E-state index in [1.54, 1.807) is 0 Å². The van der Waals surface area contributed by atoms with Gasteiger partial charge in [0.1, 0.15) is 5.60 Å². The van der Waals surface area contributed by atoms with Crippen LogP contribution in [0.1, 0.15) is 33.6 Å². The molecule has 2 atom stereocenters. The lowest BCUT2D eigenvalue weighted by Crippen LogP contribution is -2.47. The Bertz CT molecular complexity index is 238. The average Bonchev–Trinajstić information content (AvgIpc) is 2.29. The van der Waals surface area contributed by atoms with Crippen LogP contribution in [0, 0.1) is 0 Å². The number of alkyl carbamates (subject to hydrolysis) is 1. The van der Waals surface area contributed by atoms with E-state index in [1.807, 2.05) is 20.8 Å². The lowest BCUT2D eigenvalue weighted by Gasteiger charge is -2.25. The minimum absolute atomic E-state index is 0.218. The summed E-state index contributed by atoms with van der Waals surface area (Å²) in [6.45, 7) is 6.84. The highest BCUT2D eigenvalue weighted by Gasteiger charge is 2.25. The minimum atomic E-state index is -0.546.